The minimum absolute atomic E-state index is 0.0793. The Morgan fingerprint density at radius 3 is 2.65 bits per heavy atom. The van der Waals surface area contributed by atoms with Crippen molar-refractivity contribution < 1.29 is 13.9 Å². The zero-order valence-electron chi connectivity index (χ0n) is 15.2. The molecule has 0 atom stereocenters. The van der Waals surface area contributed by atoms with Gasteiger partial charge in [-0.1, -0.05) is 18.9 Å². The fraction of sp³-hybridized carbons (Fsp3) is 0.476. The lowest BCUT2D eigenvalue weighted by molar-refractivity contribution is 0.0701. The molecule has 1 amide bonds. The van der Waals surface area contributed by atoms with E-state index in [4.69, 9.17) is 9.15 Å². The van der Waals surface area contributed by atoms with Gasteiger partial charge in [-0.2, -0.15) is 0 Å². The SMILES string of the molecule is O=C(c1ccco1)N1CCOc2ccc(CN3CCCCCC3)cc2C1. The zero-order chi connectivity index (χ0) is 17.8. The third-order valence-electron chi connectivity index (χ3n) is 5.23. The zero-order valence-corrected chi connectivity index (χ0v) is 15.2. The first kappa shape index (κ1) is 17.2. The van der Waals surface area contributed by atoms with Gasteiger partial charge < -0.3 is 14.1 Å². The van der Waals surface area contributed by atoms with Gasteiger partial charge in [0.05, 0.1) is 12.8 Å². The van der Waals surface area contributed by atoms with Gasteiger partial charge in [0.2, 0.25) is 0 Å². The maximum atomic E-state index is 12.6. The first-order valence-electron chi connectivity index (χ1n) is 9.59. The predicted octanol–water partition coefficient (Wildman–Crippen LogP) is 3.69. The standard InChI is InChI=1S/C21H26N2O3/c24-21(20-6-5-12-25-20)23-11-13-26-19-8-7-17(14-18(19)16-23)15-22-9-3-1-2-4-10-22/h5-8,12,14H,1-4,9-11,13,15-16H2. The third kappa shape index (κ3) is 3.93. The van der Waals surface area contributed by atoms with Crippen molar-refractivity contribution in [1.29, 1.82) is 0 Å². The van der Waals surface area contributed by atoms with Crippen LogP contribution in [0.2, 0.25) is 0 Å². The molecule has 5 nitrogen and oxygen atoms in total. The summed E-state index contributed by atoms with van der Waals surface area (Å²) in [5, 5.41) is 0. The Morgan fingerprint density at radius 2 is 1.88 bits per heavy atom. The molecule has 1 aromatic carbocycles. The van der Waals surface area contributed by atoms with E-state index in [2.05, 4.69) is 23.1 Å². The van der Waals surface area contributed by atoms with Crippen molar-refractivity contribution in [3.63, 3.8) is 0 Å². The van der Waals surface area contributed by atoms with Gasteiger partial charge in [-0.15, -0.1) is 0 Å². The van der Waals surface area contributed by atoms with Crippen LogP contribution >= 0.6 is 0 Å². The van der Waals surface area contributed by atoms with Crippen molar-refractivity contribution >= 4 is 5.91 Å². The molecule has 0 radical (unpaired) electrons. The molecule has 0 aliphatic carbocycles. The number of hydrogen-bond acceptors (Lipinski definition) is 4. The summed E-state index contributed by atoms with van der Waals surface area (Å²) >= 11 is 0. The van der Waals surface area contributed by atoms with Gasteiger partial charge in [-0.25, -0.2) is 0 Å². The molecular weight excluding hydrogens is 328 g/mol. The molecule has 26 heavy (non-hydrogen) atoms. The molecule has 0 spiro atoms. The molecule has 2 aliphatic heterocycles. The van der Waals surface area contributed by atoms with Crippen LogP contribution in [0.15, 0.2) is 41.0 Å². The molecule has 5 heteroatoms. The molecule has 2 aromatic rings. The lowest BCUT2D eigenvalue weighted by atomic mass is 10.1. The number of rotatable bonds is 3. The quantitative estimate of drug-likeness (QED) is 0.843. The summed E-state index contributed by atoms with van der Waals surface area (Å²) in [6.45, 7) is 4.95. The van der Waals surface area contributed by atoms with E-state index in [-0.39, 0.29) is 5.91 Å². The van der Waals surface area contributed by atoms with Crippen LogP contribution < -0.4 is 4.74 Å². The number of ether oxygens (including phenoxy) is 1. The second kappa shape index (κ2) is 7.96. The van der Waals surface area contributed by atoms with Gasteiger partial charge in [0.1, 0.15) is 12.4 Å². The Morgan fingerprint density at radius 1 is 1.04 bits per heavy atom. The molecule has 0 saturated carbocycles. The number of amides is 1. The van der Waals surface area contributed by atoms with Crippen LogP contribution in [-0.2, 0) is 13.1 Å². The molecule has 1 fully saturated rings. The number of carbonyl (C=O) groups is 1. The van der Waals surface area contributed by atoms with Gasteiger partial charge in [0.25, 0.3) is 5.91 Å². The molecular formula is C21H26N2O3. The fourth-order valence-electron chi connectivity index (χ4n) is 3.83. The molecule has 4 rings (SSSR count). The van der Waals surface area contributed by atoms with E-state index in [1.165, 1.54) is 50.6 Å². The lowest BCUT2D eigenvalue weighted by Gasteiger charge is -2.21. The predicted molar refractivity (Wildman–Crippen MR) is 99.1 cm³/mol. The Hall–Kier alpha value is -2.27. The Kier molecular flexibility index (Phi) is 5.25. The highest BCUT2D eigenvalue weighted by atomic mass is 16.5. The van der Waals surface area contributed by atoms with Crippen molar-refractivity contribution in [3.8, 4) is 5.75 Å². The summed E-state index contributed by atoms with van der Waals surface area (Å²) in [4.78, 5) is 17.0. The summed E-state index contributed by atoms with van der Waals surface area (Å²) in [6.07, 6.45) is 6.81. The number of hydrogen-bond donors (Lipinski definition) is 0. The van der Waals surface area contributed by atoms with Crippen molar-refractivity contribution in [1.82, 2.24) is 9.80 Å². The number of nitrogens with zero attached hydrogens (tertiary/aromatic N) is 2. The molecule has 2 aliphatic rings. The highest BCUT2D eigenvalue weighted by Crippen LogP contribution is 2.26. The van der Waals surface area contributed by atoms with Crippen molar-refractivity contribution in [2.45, 2.75) is 38.8 Å². The van der Waals surface area contributed by atoms with Gasteiger partial charge in [-0.3, -0.25) is 9.69 Å². The summed E-state index contributed by atoms with van der Waals surface area (Å²) < 4.78 is 11.1. The van der Waals surface area contributed by atoms with Crippen LogP contribution in [0, 0.1) is 0 Å². The normalized spacial score (nSPS) is 18.5. The second-order valence-electron chi connectivity index (χ2n) is 7.18. The van der Waals surface area contributed by atoms with E-state index >= 15 is 0 Å². The van der Waals surface area contributed by atoms with Gasteiger partial charge in [0, 0.05) is 18.7 Å². The summed E-state index contributed by atoms with van der Waals surface area (Å²) in [5.41, 5.74) is 2.37. The third-order valence-corrected chi connectivity index (χ3v) is 5.23. The Labute approximate surface area is 154 Å². The first-order chi connectivity index (χ1) is 12.8. The van der Waals surface area contributed by atoms with Crippen LogP contribution in [0.25, 0.3) is 0 Å². The van der Waals surface area contributed by atoms with E-state index in [0.29, 0.717) is 25.5 Å². The average Bonchev–Trinajstić information content (AvgIpc) is 2.95. The van der Waals surface area contributed by atoms with E-state index < -0.39 is 0 Å². The van der Waals surface area contributed by atoms with Gasteiger partial charge >= 0.3 is 0 Å². The summed E-state index contributed by atoms with van der Waals surface area (Å²) in [7, 11) is 0. The van der Waals surface area contributed by atoms with Crippen LogP contribution in [0.4, 0.5) is 0 Å². The molecule has 138 valence electrons. The maximum absolute atomic E-state index is 12.6. The fourth-order valence-corrected chi connectivity index (χ4v) is 3.83. The maximum Gasteiger partial charge on any atom is 0.289 e. The molecule has 1 saturated heterocycles. The van der Waals surface area contributed by atoms with E-state index in [1.54, 1.807) is 17.0 Å². The summed E-state index contributed by atoms with van der Waals surface area (Å²) in [6, 6.07) is 9.88. The monoisotopic (exact) mass is 354 g/mol. The van der Waals surface area contributed by atoms with E-state index in [0.717, 1.165) is 17.9 Å². The van der Waals surface area contributed by atoms with Crippen molar-refractivity contribution in [2.24, 2.45) is 0 Å². The minimum Gasteiger partial charge on any atom is -0.491 e. The number of fused-ring (bicyclic) bond motifs is 1. The highest BCUT2D eigenvalue weighted by molar-refractivity contribution is 5.91. The van der Waals surface area contributed by atoms with E-state index in [1.807, 2.05) is 0 Å². The number of carbonyl (C=O) groups excluding carboxylic acids is 1. The topological polar surface area (TPSA) is 45.9 Å². The summed E-state index contributed by atoms with van der Waals surface area (Å²) in [5.74, 6) is 1.19. The van der Waals surface area contributed by atoms with Gasteiger partial charge in [0.15, 0.2) is 5.76 Å². The number of furan rings is 1. The molecule has 0 bridgehead atoms. The van der Waals surface area contributed by atoms with Crippen LogP contribution in [-0.4, -0.2) is 41.9 Å². The largest absolute Gasteiger partial charge is 0.491 e. The molecule has 3 heterocycles. The van der Waals surface area contributed by atoms with Crippen molar-refractivity contribution in [2.75, 3.05) is 26.2 Å². The second-order valence-corrected chi connectivity index (χ2v) is 7.18. The highest BCUT2D eigenvalue weighted by Gasteiger charge is 2.23. The molecule has 0 unspecified atom stereocenters. The van der Waals surface area contributed by atoms with Crippen LogP contribution in [0.5, 0.6) is 5.75 Å². The molecule has 0 N–H and O–H groups in total. The first-order valence-corrected chi connectivity index (χ1v) is 9.59. The van der Waals surface area contributed by atoms with Gasteiger partial charge in [-0.05, 0) is 55.8 Å². The Balaban J connectivity index is 1.49. The number of likely N-dealkylation sites (tertiary alicyclic amines) is 1. The lowest BCUT2D eigenvalue weighted by Crippen LogP contribution is -2.32. The van der Waals surface area contributed by atoms with Crippen LogP contribution in [0.3, 0.4) is 0 Å². The van der Waals surface area contributed by atoms with Crippen LogP contribution in [0.1, 0.15) is 47.4 Å². The molecule has 1 aromatic heterocycles. The average molecular weight is 354 g/mol. The number of benzene rings is 1. The Bertz CT molecular complexity index is 734. The van der Waals surface area contributed by atoms with Crippen molar-refractivity contribution in [3.05, 3.63) is 53.5 Å². The minimum atomic E-state index is -0.0793. The van der Waals surface area contributed by atoms with E-state index in [9.17, 15) is 4.79 Å². The smallest absolute Gasteiger partial charge is 0.289 e.